The zero-order chi connectivity index (χ0) is 43.1. The number of nitrogens with zero attached hydrogens (tertiary/aromatic N) is 3. The van der Waals surface area contributed by atoms with Crippen molar-refractivity contribution < 1.29 is 33.8 Å². The van der Waals surface area contributed by atoms with E-state index < -0.39 is 48.1 Å². The number of benzene rings is 1. The van der Waals surface area contributed by atoms with Gasteiger partial charge in [-0.25, -0.2) is 9.78 Å². The molecule has 1 aliphatic rings. The van der Waals surface area contributed by atoms with Gasteiger partial charge in [0.25, 0.3) is 5.91 Å². The van der Waals surface area contributed by atoms with Crippen molar-refractivity contribution in [1.29, 1.82) is 0 Å². The highest BCUT2D eigenvalue weighted by Gasteiger charge is 2.39. The molecule has 0 spiro atoms. The third-order valence-electron chi connectivity index (χ3n) is 11.0. The van der Waals surface area contributed by atoms with Crippen molar-refractivity contribution in [2.24, 2.45) is 17.8 Å². The molecule has 0 unspecified atom stereocenters. The Balaban J connectivity index is 1.92. The topological polar surface area (TPSA) is 182 Å². The Bertz CT molecular complexity index is 1650. The first-order chi connectivity index (χ1) is 27.5. The molecule has 3 rings (SSSR count). The normalized spacial score (nSPS) is 17.7. The van der Waals surface area contributed by atoms with Crippen LogP contribution in [0.3, 0.4) is 0 Å². The van der Waals surface area contributed by atoms with Gasteiger partial charge in [-0.15, -0.1) is 11.3 Å². The van der Waals surface area contributed by atoms with Crippen LogP contribution in [-0.2, 0) is 25.5 Å². The summed E-state index contributed by atoms with van der Waals surface area (Å²) in [5, 5.41) is 23.9. The molecule has 2 heterocycles. The first kappa shape index (κ1) is 48.1. The van der Waals surface area contributed by atoms with Gasteiger partial charge in [-0.1, -0.05) is 72.6 Å². The van der Waals surface area contributed by atoms with E-state index in [2.05, 4.69) is 31.2 Å². The van der Waals surface area contributed by atoms with Gasteiger partial charge in [0.05, 0.1) is 12.0 Å². The molecule has 7 atom stereocenters. The number of likely N-dealkylation sites (tertiary alicyclic amines) is 1. The molecule has 2 aromatic rings. The van der Waals surface area contributed by atoms with Crippen LogP contribution in [-0.4, -0.2) is 107 Å². The molecular weight excluding hydrogens is 759 g/mol. The summed E-state index contributed by atoms with van der Waals surface area (Å²) < 4.78 is 5.92. The van der Waals surface area contributed by atoms with E-state index in [1.807, 2.05) is 84.7 Å². The van der Waals surface area contributed by atoms with Crippen LogP contribution in [0.25, 0.3) is 0 Å². The number of hydrogen-bond donors (Lipinski definition) is 5. The maximum absolute atomic E-state index is 14.7. The molecule has 324 valence electrons. The van der Waals surface area contributed by atoms with E-state index in [4.69, 9.17) is 4.74 Å². The Morgan fingerprint density at radius 1 is 1.02 bits per heavy atom. The largest absolute Gasteiger partial charge is 0.481 e. The highest BCUT2D eigenvalue weighted by molar-refractivity contribution is 7.09. The molecule has 5 N–H and O–H groups in total. The standard InChI is InChI=1S/C43H69N7O7S/c1-11-20-50(41(53)37(28(7)12-2)48-39(52)34-19-15-16-21-49(34)10)35(26(3)4)24-36(57-43(56)44-9)40-47-33(25-58-40)38(51)46-31(22-29(8)42(54)55)23-30-17-13-14-18-32(30)45-27(5)6/h13-14,17-18,25-29,31,34-37,45H,11-12,15-16,19-24H2,1-10H3,(H,44,56)(H,46,51)(H,48,52)(H,54,55)/t28-,29-,31+,34+,35+,36+,37-/m0/s1. The first-order valence-electron chi connectivity index (χ1n) is 21.0. The van der Waals surface area contributed by atoms with Crippen LogP contribution in [0.1, 0.15) is 127 Å². The van der Waals surface area contributed by atoms with Gasteiger partial charge in [0.15, 0.2) is 6.10 Å². The second kappa shape index (κ2) is 23.4. The number of aromatic nitrogens is 1. The van der Waals surface area contributed by atoms with Crippen LogP contribution in [0.5, 0.6) is 0 Å². The van der Waals surface area contributed by atoms with Gasteiger partial charge in [0.2, 0.25) is 11.8 Å². The van der Waals surface area contributed by atoms with Crippen molar-refractivity contribution in [1.82, 2.24) is 30.7 Å². The molecule has 0 bridgehead atoms. The number of nitrogens with one attached hydrogen (secondary N) is 4. The van der Waals surface area contributed by atoms with E-state index in [1.165, 1.54) is 18.4 Å². The number of aliphatic carboxylic acids is 1. The number of para-hydroxylation sites is 1. The Morgan fingerprint density at radius 2 is 1.72 bits per heavy atom. The fourth-order valence-corrected chi connectivity index (χ4v) is 8.34. The molecule has 4 amide bonds. The molecule has 0 aliphatic carbocycles. The Morgan fingerprint density at radius 3 is 2.33 bits per heavy atom. The fraction of sp³-hybridized carbons (Fsp3) is 0.674. The minimum Gasteiger partial charge on any atom is -0.481 e. The first-order valence-corrected chi connectivity index (χ1v) is 21.9. The smallest absolute Gasteiger partial charge is 0.407 e. The molecule has 14 nitrogen and oxygen atoms in total. The Hall–Kier alpha value is -4.24. The van der Waals surface area contributed by atoms with E-state index >= 15 is 0 Å². The molecule has 1 aromatic heterocycles. The van der Waals surface area contributed by atoms with E-state index in [-0.39, 0.29) is 54.3 Å². The SMILES string of the molecule is CCCN(C(=O)[C@@H](NC(=O)[C@H]1CCCCN1C)[C@@H](C)CC)[C@H](C[C@@H](OC(=O)NC)c1nc(C(=O)N[C@@H](Cc2ccccc2NC(C)C)C[C@H](C)C(=O)O)cs1)C(C)C. The zero-order valence-corrected chi connectivity index (χ0v) is 37.1. The second-order valence-corrected chi connectivity index (χ2v) is 17.4. The van der Waals surface area contributed by atoms with E-state index in [9.17, 15) is 29.1 Å². The predicted molar refractivity (Wildman–Crippen MR) is 229 cm³/mol. The van der Waals surface area contributed by atoms with E-state index in [1.54, 1.807) is 12.3 Å². The number of carboxylic acids is 1. The maximum Gasteiger partial charge on any atom is 0.407 e. The lowest BCUT2D eigenvalue weighted by atomic mass is 9.92. The number of ether oxygens (including phenoxy) is 1. The molecule has 1 fully saturated rings. The van der Waals surface area contributed by atoms with Crippen molar-refractivity contribution in [2.75, 3.05) is 32.5 Å². The summed E-state index contributed by atoms with van der Waals surface area (Å²) in [6.45, 7) is 17.0. The van der Waals surface area contributed by atoms with Gasteiger partial charge >= 0.3 is 12.1 Å². The minimum atomic E-state index is -0.956. The third kappa shape index (κ3) is 14.0. The average Bonchev–Trinajstić information content (AvgIpc) is 3.68. The maximum atomic E-state index is 14.7. The van der Waals surface area contributed by atoms with Crippen LogP contribution in [0, 0.1) is 17.8 Å². The van der Waals surface area contributed by atoms with Gasteiger partial charge in [-0.2, -0.15) is 0 Å². The number of likely N-dealkylation sites (N-methyl/N-ethyl adjacent to an activating group) is 1. The second-order valence-electron chi connectivity index (χ2n) is 16.5. The van der Waals surface area contributed by atoms with Crippen LogP contribution in [0.4, 0.5) is 10.5 Å². The lowest BCUT2D eigenvalue weighted by Crippen LogP contribution is -2.58. The molecule has 1 aliphatic heterocycles. The summed E-state index contributed by atoms with van der Waals surface area (Å²) in [6.07, 6.45) is 3.31. The lowest BCUT2D eigenvalue weighted by Gasteiger charge is -2.40. The third-order valence-corrected chi connectivity index (χ3v) is 12.0. The van der Waals surface area contributed by atoms with Gasteiger partial charge in [0.1, 0.15) is 16.7 Å². The number of carboxylic acid groups (broad SMARTS) is 1. The summed E-state index contributed by atoms with van der Waals surface area (Å²) in [4.78, 5) is 75.4. The lowest BCUT2D eigenvalue weighted by molar-refractivity contribution is -0.143. The number of anilines is 1. The molecule has 1 saturated heterocycles. The number of amides is 4. The van der Waals surface area contributed by atoms with Crippen molar-refractivity contribution in [3.8, 4) is 0 Å². The fourth-order valence-electron chi connectivity index (χ4n) is 7.50. The van der Waals surface area contributed by atoms with Crippen molar-refractivity contribution in [3.63, 3.8) is 0 Å². The van der Waals surface area contributed by atoms with Gasteiger partial charge in [0, 0.05) is 49.2 Å². The van der Waals surface area contributed by atoms with E-state index in [0.29, 0.717) is 30.8 Å². The number of carbonyl (C=O) groups is 5. The molecule has 0 saturated carbocycles. The van der Waals surface area contributed by atoms with Crippen LogP contribution < -0.4 is 21.3 Å². The molecule has 15 heteroatoms. The summed E-state index contributed by atoms with van der Waals surface area (Å²) in [5.41, 5.74) is 1.97. The number of carbonyl (C=O) groups excluding carboxylic acids is 4. The number of rotatable bonds is 22. The number of thiazole rings is 1. The number of hydrogen-bond acceptors (Lipinski definition) is 10. The summed E-state index contributed by atoms with van der Waals surface area (Å²) in [6, 6.07) is 5.98. The monoisotopic (exact) mass is 827 g/mol. The summed E-state index contributed by atoms with van der Waals surface area (Å²) in [7, 11) is 3.41. The van der Waals surface area contributed by atoms with E-state index in [0.717, 1.165) is 37.1 Å². The molecule has 58 heavy (non-hydrogen) atoms. The van der Waals surface area contributed by atoms with Crippen LogP contribution >= 0.6 is 11.3 Å². The van der Waals surface area contributed by atoms with Crippen molar-refractivity contribution >= 4 is 46.8 Å². The van der Waals surface area contributed by atoms with Crippen LogP contribution in [0.15, 0.2) is 29.6 Å². The highest BCUT2D eigenvalue weighted by atomic mass is 32.1. The van der Waals surface area contributed by atoms with Gasteiger partial charge in [-0.05, 0) is 83.0 Å². The highest BCUT2D eigenvalue weighted by Crippen LogP contribution is 2.32. The van der Waals surface area contributed by atoms with Gasteiger partial charge in [-0.3, -0.25) is 24.1 Å². The number of alkyl carbamates (subject to hydrolysis) is 1. The zero-order valence-electron chi connectivity index (χ0n) is 36.3. The van der Waals surface area contributed by atoms with Gasteiger partial charge < -0.3 is 36.0 Å². The Kier molecular flexibility index (Phi) is 19.4. The molecule has 0 radical (unpaired) electrons. The average molecular weight is 828 g/mol. The summed E-state index contributed by atoms with van der Waals surface area (Å²) >= 11 is 1.18. The summed E-state index contributed by atoms with van der Waals surface area (Å²) in [5.74, 6) is -2.65. The Labute approximate surface area is 349 Å². The minimum absolute atomic E-state index is 0.0724. The number of piperidine rings is 1. The van der Waals surface area contributed by atoms with Crippen molar-refractivity contribution in [3.05, 3.63) is 45.9 Å². The molecular formula is C43H69N7O7S. The van der Waals surface area contributed by atoms with Crippen molar-refractivity contribution in [2.45, 2.75) is 143 Å². The quantitative estimate of drug-likeness (QED) is 0.0882. The predicted octanol–water partition coefficient (Wildman–Crippen LogP) is 6.48. The van der Waals surface area contributed by atoms with Crippen LogP contribution in [0.2, 0.25) is 0 Å². The molecule has 1 aromatic carbocycles.